The molecule has 3 unspecified atom stereocenters. The third-order valence-corrected chi connectivity index (χ3v) is 15.1. The first-order valence-electron chi connectivity index (χ1n) is 21.6. The second-order valence-corrected chi connectivity index (χ2v) is 21.3. The molecule has 2 fully saturated rings. The molecular formula is C47H50FN8O6P. The smallest absolute Gasteiger partial charge is 0.381 e. The summed E-state index contributed by atoms with van der Waals surface area (Å²) in [6.07, 6.45) is 6.28. The number of nitrogens with one attached hydrogen (secondary N) is 1. The number of nitrogens with zero attached hydrogens (tertiary/aromatic N) is 7. The van der Waals surface area contributed by atoms with Gasteiger partial charge in [-0.25, -0.2) is 18.7 Å². The molecule has 63 heavy (non-hydrogen) atoms. The summed E-state index contributed by atoms with van der Waals surface area (Å²) in [5.74, 6) is 0.000558. The maximum absolute atomic E-state index is 15.4. The number of H-pyrrole nitrogens is 1. The fourth-order valence-corrected chi connectivity index (χ4v) is 11.0. The third-order valence-electron chi connectivity index (χ3n) is 13.6. The summed E-state index contributed by atoms with van der Waals surface area (Å²) in [6.45, 7) is 12.9. The number of hydrogen-bond donors (Lipinski definition) is 1. The number of benzene rings is 3. The highest BCUT2D eigenvalue weighted by Gasteiger charge is 2.59. The van der Waals surface area contributed by atoms with Crippen LogP contribution in [-0.2, 0) is 27.8 Å². The van der Waals surface area contributed by atoms with Gasteiger partial charge in [-0.2, -0.15) is 5.10 Å². The molecule has 0 radical (unpaired) electrons. The maximum Gasteiger partial charge on any atom is 0.438 e. The first-order chi connectivity index (χ1) is 30.1. The van der Waals surface area contributed by atoms with Gasteiger partial charge in [0.15, 0.2) is 5.82 Å². The number of hydrogen-bond acceptors (Lipinski definition) is 8. The lowest BCUT2D eigenvalue weighted by Crippen LogP contribution is -2.41. The summed E-state index contributed by atoms with van der Waals surface area (Å²) in [5.41, 5.74) is 5.05. The Morgan fingerprint density at radius 3 is 2.43 bits per heavy atom. The Morgan fingerprint density at radius 2 is 1.75 bits per heavy atom. The number of imidazole rings is 1. The van der Waals surface area contributed by atoms with E-state index < -0.39 is 24.5 Å². The van der Waals surface area contributed by atoms with Crippen molar-refractivity contribution in [3.05, 3.63) is 145 Å². The lowest BCUT2D eigenvalue weighted by molar-refractivity contribution is 0.0663. The first kappa shape index (κ1) is 41.0. The number of aryl methyl sites for hydroxylation is 2. The summed E-state index contributed by atoms with van der Waals surface area (Å²) in [4.78, 5) is 47.0. The Bertz CT molecular complexity index is 3120. The molecule has 0 spiro atoms. The molecule has 3 aromatic carbocycles. The number of aromatic nitrogens is 7. The Morgan fingerprint density at radius 1 is 1.00 bits per heavy atom. The van der Waals surface area contributed by atoms with Crippen LogP contribution in [-0.4, -0.2) is 77.5 Å². The third kappa shape index (κ3) is 6.78. The summed E-state index contributed by atoms with van der Waals surface area (Å²) >= 11 is 0. The van der Waals surface area contributed by atoms with E-state index in [-0.39, 0.29) is 29.9 Å². The molecular weight excluding hydrogens is 823 g/mol. The van der Waals surface area contributed by atoms with Crippen LogP contribution in [0.15, 0.2) is 87.2 Å². The molecule has 6 heterocycles. The lowest BCUT2D eigenvalue weighted by Gasteiger charge is -2.34. The molecule has 3 aliphatic rings. The monoisotopic (exact) mass is 872 g/mol. The van der Waals surface area contributed by atoms with Crippen molar-refractivity contribution in [2.45, 2.75) is 77.4 Å². The quantitative estimate of drug-likeness (QED) is 0.153. The van der Waals surface area contributed by atoms with Gasteiger partial charge in [0.05, 0.1) is 24.0 Å². The zero-order chi connectivity index (χ0) is 44.1. The fourth-order valence-electron chi connectivity index (χ4n) is 10.1. The minimum Gasteiger partial charge on any atom is -0.381 e. The van der Waals surface area contributed by atoms with Crippen LogP contribution >= 0.6 is 7.14 Å². The highest BCUT2D eigenvalue weighted by Crippen LogP contribution is 2.56. The number of fused-ring (bicyclic) bond motifs is 2. The molecule has 10 rings (SSSR count). The van der Waals surface area contributed by atoms with E-state index >= 15 is 9.18 Å². The van der Waals surface area contributed by atoms with E-state index in [2.05, 4.69) is 35.3 Å². The van der Waals surface area contributed by atoms with Crippen LogP contribution in [0, 0.1) is 25.6 Å². The Labute approximate surface area is 362 Å². The van der Waals surface area contributed by atoms with Crippen molar-refractivity contribution in [2.24, 2.45) is 5.92 Å². The molecule has 7 aromatic rings. The van der Waals surface area contributed by atoms with Gasteiger partial charge in [0.2, 0.25) is 0 Å². The average Bonchev–Trinajstić information content (AvgIpc) is 3.74. The summed E-state index contributed by atoms with van der Waals surface area (Å²) in [5, 5.41) is 10.9. The van der Waals surface area contributed by atoms with Gasteiger partial charge in [0, 0.05) is 60.3 Å². The minimum absolute atomic E-state index is 0.0280. The van der Waals surface area contributed by atoms with Crippen LogP contribution in [0.2, 0.25) is 0 Å². The van der Waals surface area contributed by atoms with E-state index in [1.54, 1.807) is 65.5 Å². The minimum atomic E-state index is -2.54. The van der Waals surface area contributed by atoms with E-state index in [9.17, 15) is 14.2 Å². The summed E-state index contributed by atoms with van der Waals surface area (Å²) < 4.78 is 45.6. The summed E-state index contributed by atoms with van der Waals surface area (Å²) in [7, 11) is -2.54. The maximum atomic E-state index is 15.4. The van der Waals surface area contributed by atoms with Crippen molar-refractivity contribution in [1.82, 2.24) is 38.5 Å². The van der Waals surface area contributed by atoms with Crippen molar-refractivity contribution < 1.29 is 23.0 Å². The standard InChI is InChI=1S/C47H50FN8O6P/c1-27-20-35(21-28(2)41(27)48)56-42(54-17-16-52(46(54)59)26-31-8-7-9-36(22-31)63(5,6)60)40-30(4)53(15-12-37(40)50-56)43(57)39-24-34-23-33(32-13-18-61-19-14-32)10-11-38(34)55(39)47(25-29(47)3)44-49-45(58)62-51-44/h7-11,16-17,20-24,29-30,32H,12-15,18-19,25-26H2,1-6H3,(H,49,51,58). The van der Waals surface area contributed by atoms with Gasteiger partial charge in [-0.3, -0.25) is 23.4 Å². The SMILES string of the molecule is Cc1cc(-n2nc3c(c2-n2ccn(Cc4cccc(P(C)(C)=O)c4)c2=O)C(C)N(C(=O)c2cc4cc(C5CCOCC5)ccc4n2C2(c4noc(=O)[nH]4)CC2C)CC3)cc(C)c1F. The van der Waals surface area contributed by atoms with Gasteiger partial charge in [-0.15, -0.1) is 0 Å². The molecule has 1 amide bonds. The number of ether oxygens (including phenoxy) is 1. The Kier molecular flexibility index (Phi) is 9.79. The molecule has 4 aromatic heterocycles. The topological polar surface area (TPSA) is 155 Å². The van der Waals surface area contributed by atoms with Crippen LogP contribution in [0.4, 0.5) is 4.39 Å². The largest absolute Gasteiger partial charge is 0.438 e. The number of amides is 1. The molecule has 1 N–H and O–H groups in total. The zero-order valence-electron chi connectivity index (χ0n) is 36.2. The number of carbonyl (C=O) groups is 1. The average molecular weight is 873 g/mol. The number of carbonyl (C=O) groups excluding carboxylic acids is 1. The molecule has 1 aliphatic carbocycles. The van der Waals surface area contributed by atoms with Gasteiger partial charge in [-0.05, 0) is 124 Å². The fraction of sp³-hybridized carbons (Fsp3) is 0.383. The Hall–Kier alpha value is -6.05. The highest BCUT2D eigenvalue weighted by molar-refractivity contribution is 7.70. The molecule has 326 valence electrons. The van der Waals surface area contributed by atoms with Crippen molar-refractivity contribution in [3.8, 4) is 11.5 Å². The van der Waals surface area contributed by atoms with Crippen LogP contribution in [0.5, 0.6) is 0 Å². The molecule has 1 saturated carbocycles. The van der Waals surface area contributed by atoms with E-state index in [1.807, 2.05) is 46.7 Å². The van der Waals surface area contributed by atoms with Gasteiger partial charge >= 0.3 is 11.4 Å². The first-order valence-corrected chi connectivity index (χ1v) is 24.2. The van der Waals surface area contributed by atoms with Crippen molar-refractivity contribution >= 4 is 29.3 Å². The number of rotatable bonds is 9. The van der Waals surface area contributed by atoms with E-state index in [0.29, 0.717) is 78.2 Å². The van der Waals surface area contributed by atoms with Gasteiger partial charge < -0.3 is 18.8 Å². The van der Waals surface area contributed by atoms with Crippen LogP contribution in [0.3, 0.4) is 0 Å². The zero-order valence-corrected chi connectivity index (χ0v) is 37.1. The predicted octanol–water partition coefficient (Wildman–Crippen LogP) is 6.94. The number of halogens is 1. The molecule has 3 atom stereocenters. The van der Waals surface area contributed by atoms with Gasteiger partial charge in [0.1, 0.15) is 30.0 Å². The van der Waals surface area contributed by atoms with Gasteiger partial charge in [-0.1, -0.05) is 36.3 Å². The van der Waals surface area contributed by atoms with Crippen LogP contribution in [0.1, 0.15) is 94.9 Å². The Balaban J connectivity index is 1.10. The van der Waals surface area contributed by atoms with Crippen molar-refractivity contribution in [2.75, 3.05) is 33.1 Å². The lowest BCUT2D eigenvalue weighted by atomic mass is 9.91. The number of aromatic amines is 1. The molecule has 16 heteroatoms. The molecule has 1 saturated heterocycles. The normalized spacial score (nSPS) is 20.4. The second kappa shape index (κ2) is 15.0. The van der Waals surface area contributed by atoms with E-state index in [4.69, 9.17) is 14.4 Å². The molecule has 2 aliphatic heterocycles. The molecule has 14 nitrogen and oxygen atoms in total. The van der Waals surface area contributed by atoms with Crippen molar-refractivity contribution in [3.63, 3.8) is 0 Å². The summed E-state index contributed by atoms with van der Waals surface area (Å²) in [6, 6.07) is 18.7. The van der Waals surface area contributed by atoms with Crippen molar-refractivity contribution in [1.29, 1.82) is 0 Å². The molecule has 0 bridgehead atoms. The van der Waals surface area contributed by atoms with Gasteiger partial charge in [0.25, 0.3) is 5.91 Å². The predicted molar refractivity (Wildman–Crippen MR) is 237 cm³/mol. The van der Waals surface area contributed by atoms with E-state index in [0.717, 1.165) is 40.3 Å². The highest BCUT2D eigenvalue weighted by atomic mass is 31.2. The van der Waals surface area contributed by atoms with Crippen LogP contribution in [0.25, 0.3) is 22.4 Å². The van der Waals surface area contributed by atoms with E-state index in [1.165, 1.54) is 5.56 Å². The second-order valence-electron chi connectivity index (χ2n) is 18.1. The van der Waals surface area contributed by atoms with Crippen LogP contribution < -0.4 is 16.8 Å².